The van der Waals surface area contributed by atoms with Crippen LogP contribution in [0.2, 0.25) is 0 Å². The minimum atomic E-state index is -0.703. The van der Waals surface area contributed by atoms with E-state index < -0.39 is 17.1 Å². The Morgan fingerprint density at radius 3 is 2.57 bits per heavy atom. The first kappa shape index (κ1) is 13.1. The smallest absolute Gasteiger partial charge is 0.333 e. The van der Waals surface area contributed by atoms with E-state index in [4.69, 9.17) is 4.74 Å². The predicted octanol–water partition coefficient (Wildman–Crippen LogP) is 1.83. The maximum atomic E-state index is 13.9. The predicted molar refractivity (Wildman–Crippen MR) is 76.7 cm³/mol. The number of halogens is 1. The zero-order valence-corrected chi connectivity index (χ0v) is 11.1. The van der Waals surface area contributed by atoms with Gasteiger partial charge in [0.2, 0.25) is 0 Å². The number of benzene rings is 2. The fourth-order valence-electron chi connectivity index (χ4n) is 2.25. The van der Waals surface area contributed by atoms with Gasteiger partial charge in [0.1, 0.15) is 17.0 Å². The van der Waals surface area contributed by atoms with Gasteiger partial charge in [-0.25, -0.2) is 13.8 Å². The molecule has 21 heavy (non-hydrogen) atoms. The Hall–Kier alpha value is -2.89. The number of aromatic amines is 1. The SMILES string of the molecule is COc1cccc2[nH]c(=O)n(-c3ccccc3F)c(=O)c12. The third-order valence-corrected chi connectivity index (χ3v) is 3.20. The lowest BCUT2D eigenvalue weighted by atomic mass is 10.2. The molecule has 106 valence electrons. The van der Waals surface area contributed by atoms with Gasteiger partial charge in [0.15, 0.2) is 0 Å². The van der Waals surface area contributed by atoms with E-state index >= 15 is 0 Å². The number of nitrogens with zero attached hydrogens (tertiary/aromatic N) is 1. The number of hydrogen-bond acceptors (Lipinski definition) is 3. The summed E-state index contributed by atoms with van der Waals surface area (Å²) in [6.45, 7) is 0. The standard InChI is InChI=1S/C15H11FN2O3/c1-21-12-8-4-6-10-13(12)14(19)18(15(20)17-10)11-7-3-2-5-9(11)16/h2-8H,1H3,(H,17,20). The molecule has 1 aromatic heterocycles. The van der Waals surface area contributed by atoms with E-state index in [1.165, 1.54) is 25.3 Å². The highest BCUT2D eigenvalue weighted by molar-refractivity contribution is 5.84. The summed E-state index contributed by atoms with van der Waals surface area (Å²) in [5.74, 6) is -0.335. The van der Waals surface area contributed by atoms with Gasteiger partial charge in [-0.05, 0) is 24.3 Å². The molecule has 0 aliphatic heterocycles. The van der Waals surface area contributed by atoms with Crippen LogP contribution in [0.4, 0.5) is 4.39 Å². The summed E-state index contributed by atoms with van der Waals surface area (Å²) < 4.78 is 19.8. The zero-order chi connectivity index (χ0) is 15.0. The van der Waals surface area contributed by atoms with Gasteiger partial charge in [-0.15, -0.1) is 0 Å². The van der Waals surface area contributed by atoms with Gasteiger partial charge in [0, 0.05) is 0 Å². The molecule has 0 radical (unpaired) electrons. The molecule has 0 aliphatic carbocycles. The highest BCUT2D eigenvalue weighted by atomic mass is 19.1. The number of ether oxygens (including phenoxy) is 1. The van der Waals surface area contributed by atoms with Gasteiger partial charge < -0.3 is 9.72 Å². The number of hydrogen-bond donors (Lipinski definition) is 1. The van der Waals surface area contributed by atoms with E-state index in [9.17, 15) is 14.0 Å². The second-order valence-electron chi connectivity index (χ2n) is 4.40. The molecule has 6 heteroatoms. The number of rotatable bonds is 2. The fourth-order valence-corrected chi connectivity index (χ4v) is 2.25. The van der Waals surface area contributed by atoms with Crippen molar-refractivity contribution in [3.8, 4) is 11.4 Å². The Balaban J connectivity index is 2.48. The van der Waals surface area contributed by atoms with E-state index in [1.54, 1.807) is 24.3 Å². The normalized spacial score (nSPS) is 10.8. The van der Waals surface area contributed by atoms with E-state index in [0.717, 1.165) is 4.57 Å². The minimum absolute atomic E-state index is 0.100. The Bertz CT molecular complexity index is 944. The van der Waals surface area contributed by atoms with Crippen molar-refractivity contribution in [2.24, 2.45) is 0 Å². The summed E-state index contributed by atoms with van der Waals surface area (Å²) in [5, 5.41) is 0.197. The Labute approximate surface area is 118 Å². The van der Waals surface area contributed by atoms with Gasteiger partial charge in [-0.3, -0.25) is 4.79 Å². The van der Waals surface area contributed by atoms with Gasteiger partial charge >= 0.3 is 5.69 Å². The fraction of sp³-hybridized carbons (Fsp3) is 0.0667. The summed E-state index contributed by atoms with van der Waals surface area (Å²) >= 11 is 0. The second kappa shape index (κ2) is 4.90. The molecule has 1 heterocycles. The van der Waals surface area contributed by atoms with Gasteiger partial charge in [0.25, 0.3) is 5.56 Å². The average molecular weight is 286 g/mol. The zero-order valence-electron chi connectivity index (χ0n) is 11.1. The number of para-hydroxylation sites is 1. The van der Waals surface area contributed by atoms with Gasteiger partial charge in [-0.2, -0.15) is 0 Å². The van der Waals surface area contributed by atoms with Crippen LogP contribution in [0.3, 0.4) is 0 Å². The van der Waals surface area contributed by atoms with Crippen LogP contribution in [0.1, 0.15) is 0 Å². The molecule has 5 nitrogen and oxygen atoms in total. The summed E-state index contributed by atoms with van der Waals surface area (Å²) in [6, 6.07) is 10.4. The van der Waals surface area contributed by atoms with Crippen LogP contribution in [0, 0.1) is 5.82 Å². The third-order valence-electron chi connectivity index (χ3n) is 3.20. The van der Waals surface area contributed by atoms with Crippen molar-refractivity contribution in [1.29, 1.82) is 0 Å². The van der Waals surface area contributed by atoms with Gasteiger partial charge in [-0.1, -0.05) is 18.2 Å². The van der Waals surface area contributed by atoms with Crippen LogP contribution < -0.4 is 16.0 Å². The lowest BCUT2D eigenvalue weighted by Gasteiger charge is -2.09. The molecule has 0 bridgehead atoms. The van der Waals surface area contributed by atoms with Crippen LogP contribution >= 0.6 is 0 Å². The first-order valence-corrected chi connectivity index (χ1v) is 6.20. The van der Waals surface area contributed by atoms with Crippen LogP contribution in [0.5, 0.6) is 5.75 Å². The van der Waals surface area contributed by atoms with Crippen LogP contribution in [-0.4, -0.2) is 16.7 Å². The molecule has 0 spiro atoms. The monoisotopic (exact) mass is 286 g/mol. The quantitative estimate of drug-likeness (QED) is 0.781. The third kappa shape index (κ3) is 2.01. The molecule has 2 aromatic carbocycles. The van der Waals surface area contributed by atoms with Crippen LogP contribution in [0.15, 0.2) is 52.1 Å². The first-order chi connectivity index (χ1) is 10.1. The molecule has 0 aliphatic rings. The maximum Gasteiger partial charge on any atom is 0.333 e. The lowest BCUT2D eigenvalue weighted by molar-refractivity contribution is 0.419. The van der Waals surface area contributed by atoms with Crippen molar-refractivity contribution >= 4 is 10.9 Å². The summed E-state index contributed by atoms with van der Waals surface area (Å²) in [5.41, 5.74) is -1.09. The molecule has 1 N–H and O–H groups in total. The molecule has 0 saturated carbocycles. The van der Waals surface area contributed by atoms with Crippen molar-refractivity contribution < 1.29 is 9.13 Å². The molecule has 0 atom stereocenters. The second-order valence-corrected chi connectivity index (χ2v) is 4.40. The minimum Gasteiger partial charge on any atom is -0.496 e. The van der Waals surface area contributed by atoms with Gasteiger partial charge in [0.05, 0.1) is 18.3 Å². The van der Waals surface area contributed by atoms with Crippen molar-refractivity contribution in [2.75, 3.05) is 7.11 Å². The van der Waals surface area contributed by atoms with E-state index in [1.807, 2.05) is 0 Å². The number of H-pyrrole nitrogens is 1. The molecule has 3 aromatic rings. The van der Waals surface area contributed by atoms with Crippen molar-refractivity contribution in [3.05, 3.63) is 69.1 Å². The van der Waals surface area contributed by atoms with Crippen molar-refractivity contribution in [2.45, 2.75) is 0 Å². The molecular weight excluding hydrogens is 275 g/mol. The largest absolute Gasteiger partial charge is 0.496 e. The molecular formula is C15H11FN2O3. The summed E-state index contributed by atoms with van der Waals surface area (Å²) in [6.07, 6.45) is 0. The highest BCUT2D eigenvalue weighted by Gasteiger charge is 2.15. The lowest BCUT2D eigenvalue weighted by Crippen LogP contribution is -2.34. The van der Waals surface area contributed by atoms with Crippen LogP contribution in [0.25, 0.3) is 16.6 Å². The molecule has 0 unspecified atom stereocenters. The molecule has 0 fully saturated rings. The summed E-state index contributed by atoms with van der Waals surface area (Å²) in [4.78, 5) is 27.2. The number of methoxy groups -OCH3 is 1. The maximum absolute atomic E-state index is 13.9. The van der Waals surface area contributed by atoms with E-state index in [0.29, 0.717) is 11.3 Å². The highest BCUT2D eigenvalue weighted by Crippen LogP contribution is 2.20. The number of aromatic nitrogens is 2. The topological polar surface area (TPSA) is 64.1 Å². The molecule has 0 amide bonds. The number of fused-ring (bicyclic) bond motifs is 1. The van der Waals surface area contributed by atoms with Crippen molar-refractivity contribution in [1.82, 2.24) is 9.55 Å². The van der Waals surface area contributed by atoms with E-state index in [2.05, 4.69) is 4.98 Å². The molecule has 0 saturated heterocycles. The van der Waals surface area contributed by atoms with Crippen molar-refractivity contribution in [3.63, 3.8) is 0 Å². The Morgan fingerprint density at radius 1 is 1.10 bits per heavy atom. The average Bonchev–Trinajstić information content (AvgIpc) is 2.48. The first-order valence-electron chi connectivity index (χ1n) is 6.20. The van der Waals surface area contributed by atoms with E-state index in [-0.39, 0.29) is 11.1 Å². The van der Waals surface area contributed by atoms with Crippen LogP contribution in [-0.2, 0) is 0 Å². The number of nitrogens with one attached hydrogen (secondary N) is 1. The Morgan fingerprint density at radius 2 is 1.86 bits per heavy atom. The Kier molecular flexibility index (Phi) is 3.06. The summed E-state index contributed by atoms with van der Waals surface area (Å²) in [7, 11) is 1.42. The molecule has 3 rings (SSSR count).